The average molecular weight is 228 g/mol. The van der Waals surface area contributed by atoms with Crippen LogP contribution in [0.15, 0.2) is 0 Å². The second-order valence-corrected chi connectivity index (χ2v) is 4.28. The molecular formula is C6H13O7P. The minimum absolute atomic E-state index is 0.0123. The molecule has 3 atom stereocenters. The van der Waals surface area contributed by atoms with Crippen molar-refractivity contribution in [3.63, 3.8) is 0 Å². The lowest BCUT2D eigenvalue weighted by molar-refractivity contribution is -0.190. The topological polar surface area (TPSA) is 116 Å². The van der Waals surface area contributed by atoms with Crippen molar-refractivity contribution in [2.75, 3.05) is 6.61 Å². The summed E-state index contributed by atoms with van der Waals surface area (Å²) in [5.74, 6) is 0. The molecule has 3 unspecified atom stereocenters. The molecule has 0 aromatic rings. The summed E-state index contributed by atoms with van der Waals surface area (Å²) in [6.45, 7) is -0.321. The molecule has 0 bridgehead atoms. The van der Waals surface area contributed by atoms with Gasteiger partial charge in [0, 0.05) is 12.8 Å². The fourth-order valence-electron chi connectivity index (χ4n) is 1.29. The second kappa shape index (κ2) is 4.67. The quantitative estimate of drug-likeness (QED) is 0.455. The zero-order chi connectivity index (χ0) is 10.8. The molecule has 7 nitrogen and oxygen atoms in total. The maximum absolute atomic E-state index is 10.4. The summed E-state index contributed by atoms with van der Waals surface area (Å²) in [5, 5.41) is 18.0. The van der Waals surface area contributed by atoms with Crippen LogP contribution in [-0.2, 0) is 13.8 Å². The van der Waals surface area contributed by atoms with E-state index in [1.54, 1.807) is 0 Å². The number of aliphatic hydroxyl groups is 2. The Balaban J connectivity index is 2.49. The van der Waals surface area contributed by atoms with Gasteiger partial charge >= 0.3 is 7.82 Å². The highest BCUT2D eigenvalue weighted by Crippen LogP contribution is 2.40. The van der Waals surface area contributed by atoms with E-state index in [1.165, 1.54) is 0 Å². The first-order valence-electron chi connectivity index (χ1n) is 4.09. The monoisotopic (exact) mass is 228 g/mol. The first kappa shape index (κ1) is 12.1. The molecule has 0 aromatic heterocycles. The minimum Gasteiger partial charge on any atom is -0.394 e. The molecule has 1 fully saturated rings. The lowest BCUT2D eigenvalue weighted by atomic mass is 10.1. The zero-order valence-corrected chi connectivity index (χ0v) is 8.21. The van der Waals surface area contributed by atoms with Gasteiger partial charge in [-0.2, -0.15) is 0 Å². The fraction of sp³-hybridized carbons (Fsp3) is 1.00. The Morgan fingerprint density at radius 1 is 1.43 bits per heavy atom. The van der Waals surface area contributed by atoms with E-state index in [0.717, 1.165) is 0 Å². The van der Waals surface area contributed by atoms with E-state index in [2.05, 4.69) is 4.52 Å². The van der Waals surface area contributed by atoms with Gasteiger partial charge in [-0.1, -0.05) is 0 Å². The van der Waals surface area contributed by atoms with Crippen molar-refractivity contribution >= 4 is 7.82 Å². The minimum atomic E-state index is -4.62. The predicted molar refractivity (Wildman–Crippen MR) is 44.1 cm³/mol. The van der Waals surface area contributed by atoms with Gasteiger partial charge in [0.1, 0.15) is 0 Å². The van der Waals surface area contributed by atoms with Gasteiger partial charge in [0.05, 0.1) is 18.8 Å². The summed E-state index contributed by atoms with van der Waals surface area (Å²) in [5.41, 5.74) is 0. The van der Waals surface area contributed by atoms with Gasteiger partial charge in [0.2, 0.25) is 0 Å². The van der Waals surface area contributed by atoms with Crippen LogP contribution in [0.2, 0.25) is 0 Å². The van der Waals surface area contributed by atoms with Gasteiger partial charge in [-0.25, -0.2) is 4.57 Å². The van der Waals surface area contributed by atoms with Gasteiger partial charge in [-0.3, -0.25) is 4.52 Å². The molecule has 0 spiro atoms. The van der Waals surface area contributed by atoms with Crippen molar-refractivity contribution in [1.29, 1.82) is 0 Å². The third-order valence-corrected chi connectivity index (χ3v) is 2.31. The maximum atomic E-state index is 10.4. The molecule has 0 aliphatic carbocycles. The lowest BCUT2D eigenvalue weighted by Gasteiger charge is -2.31. The van der Waals surface area contributed by atoms with Crippen molar-refractivity contribution in [3.05, 3.63) is 0 Å². The highest BCUT2D eigenvalue weighted by Gasteiger charge is 2.32. The normalized spacial score (nSPS) is 34.4. The fourth-order valence-corrected chi connectivity index (χ4v) is 1.73. The summed E-state index contributed by atoms with van der Waals surface area (Å²) in [6.07, 6.45) is -2.37. The SMILES string of the molecule is O=P(O)(O)OC1CC(O)CC(CO)O1. The third-order valence-electron chi connectivity index (χ3n) is 1.80. The Bertz CT molecular complexity index is 226. The molecule has 14 heavy (non-hydrogen) atoms. The molecule has 0 radical (unpaired) electrons. The molecule has 1 saturated heterocycles. The number of hydrogen-bond acceptors (Lipinski definition) is 5. The number of phosphoric acid groups is 1. The van der Waals surface area contributed by atoms with Gasteiger partial charge in [0.15, 0.2) is 6.29 Å². The predicted octanol–water partition coefficient (Wildman–Crippen LogP) is -1.05. The van der Waals surface area contributed by atoms with Crippen molar-refractivity contribution in [2.45, 2.75) is 31.3 Å². The summed E-state index contributed by atoms with van der Waals surface area (Å²) >= 11 is 0. The first-order chi connectivity index (χ1) is 6.40. The largest absolute Gasteiger partial charge is 0.471 e. The standard InChI is InChI=1S/C6H13O7P/c7-3-5-1-4(8)2-6(12-5)13-14(9,10)11/h4-8H,1-3H2,(H2,9,10,11). The summed E-state index contributed by atoms with van der Waals surface area (Å²) in [4.78, 5) is 17.0. The van der Waals surface area contributed by atoms with Crippen molar-refractivity contribution in [3.8, 4) is 0 Å². The van der Waals surface area contributed by atoms with Gasteiger partial charge < -0.3 is 24.7 Å². The third kappa shape index (κ3) is 4.02. The molecule has 0 aromatic carbocycles. The van der Waals surface area contributed by atoms with Crippen LogP contribution in [0.1, 0.15) is 12.8 Å². The average Bonchev–Trinajstić information content (AvgIpc) is 1.99. The number of phosphoric ester groups is 1. The molecule has 4 N–H and O–H groups in total. The van der Waals surface area contributed by atoms with Crippen LogP contribution in [0.4, 0.5) is 0 Å². The molecule has 1 aliphatic heterocycles. The Kier molecular flexibility index (Phi) is 4.03. The molecule has 1 heterocycles. The van der Waals surface area contributed by atoms with Crippen LogP contribution in [0.25, 0.3) is 0 Å². The first-order valence-corrected chi connectivity index (χ1v) is 5.62. The van der Waals surface area contributed by atoms with Crippen LogP contribution < -0.4 is 0 Å². The molecular weight excluding hydrogens is 215 g/mol. The molecule has 0 amide bonds. The van der Waals surface area contributed by atoms with Crippen LogP contribution in [0.3, 0.4) is 0 Å². The van der Waals surface area contributed by atoms with E-state index < -0.39 is 26.3 Å². The van der Waals surface area contributed by atoms with Crippen molar-refractivity contribution in [1.82, 2.24) is 0 Å². The van der Waals surface area contributed by atoms with Crippen LogP contribution in [0.5, 0.6) is 0 Å². The van der Waals surface area contributed by atoms with E-state index >= 15 is 0 Å². The molecule has 0 saturated carbocycles. The Hall–Kier alpha value is -0.0100. The van der Waals surface area contributed by atoms with Crippen LogP contribution >= 0.6 is 7.82 Å². The van der Waals surface area contributed by atoms with Crippen molar-refractivity contribution in [2.24, 2.45) is 0 Å². The van der Waals surface area contributed by atoms with Gasteiger partial charge in [-0.05, 0) is 0 Å². The number of ether oxygens (including phenoxy) is 1. The highest BCUT2D eigenvalue weighted by atomic mass is 31.2. The molecule has 1 rings (SSSR count). The van der Waals surface area contributed by atoms with Crippen molar-refractivity contribution < 1.29 is 33.8 Å². The van der Waals surface area contributed by atoms with E-state index in [-0.39, 0.29) is 19.4 Å². The smallest absolute Gasteiger partial charge is 0.394 e. The van der Waals surface area contributed by atoms with Crippen LogP contribution in [0, 0.1) is 0 Å². The van der Waals surface area contributed by atoms with E-state index in [1.807, 2.05) is 0 Å². The number of aliphatic hydroxyl groups excluding tert-OH is 2. The molecule has 84 valence electrons. The maximum Gasteiger partial charge on any atom is 0.471 e. The van der Waals surface area contributed by atoms with E-state index in [0.29, 0.717) is 0 Å². The highest BCUT2D eigenvalue weighted by molar-refractivity contribution is 7.46. The molecule has 1 aliphatic rings. The summed E-state index contributed by atoms with van der Waals surface area (Å²) in [7, 11) is -4.62. The lowest BCUT2D eigenvalue weighted by Crippen LogP contribution is -2.38. The second-order valence-electron chi connectivity index (χ2n) is 3.09. The van der Waals surface area contributed by atoms with Crippen LogP contribution in [-0.4, -0.2) is 45.1 Å². The zero-order valence-electron chi connectivity index (χ0n) is 7.31. The van der Waals surface area contributed by atoms with E-state index in [9.17, 15) is 9.67 Å². The number of hydrogen-bond donors (Lipinski definition) is 4. The van der Waals surface area contributed by atoms with E-state index in [4.69, 9.17) is 19.6 Å². The Morgan fingerprint density at radius 3 is 2.57 bits per heavy atom. The number of rotatable bonds is 3. The summed E-state index contributed by atoms with van der Waals surface area (Å²) in [6, 6.07) is 0. The molecule has 8 heteroatoms. The Labute approximate surface area is 80.5 Å². The van der Waals surface area contributed by atoms with Gasteiger partial charge in [-0.15, -0.1) is 0 Å². The summed E-state index contributed by atoms with van der Waals surface area (Å²) < 4.78 is 19.7. The Morgan fingerprint density at radius 2 is 2.07 bits per heavy atom. The van der Waals surface area contributed by atoms with Gasteiger partial charge in [0.25, 0.3) is 0 Å².